The molecule has 1 saturated heterocycles. The van der Waals surface area contributed by atoms with E-state index >= 15 is 0 Å². The number of hydrogen-bond donors (Lipinski definition) is 6. The van der Waals surface area contributed by atoms with Gasteiger partial charge in [-0.1, -0.05) is 19.1 Å². The highest BCUT2D eigenvalue weighted by atomic mass is 32.2. The number of carboxylic acids is 2. The molecule has 1 unspecified atom stereocenters. The van der Waals surface area contributed by atoms with Gasteiger partial charge < -0.3 is 45.0 Å². The van der Waals surface area contributed by atoms with Gasteiger partial charge in [0, 0.05) is 11.8 Å². The van der Waals surface area contributed by atoms with Gasteiger partial charge in [0.25, 0.3) is 17.5 Å². The van der Waals surface area contributed by atoms with Crippen molar-refractivity contribution in [3.63, 3.8) is 0 Å². The van der Waals surface area contributed by atoms with E-state index in [4.69, 9.17) is 14.3 Å². The summed E-state index contributed by atoms with van der Waals surface area (Å²) in [6, 6.07) is 6.55. The predicted octanol–water partition coefficient (Wildman–Crippen LogP) is 0.539. The van der Waals surface area contributed by atoms with Gasteiger partial charge >= 0.3 is 5.97 Å². The van der Waals surface area contributed by atoms with Gasteiger partial charge in [-0.2, -0.15) is 0 Å². The lowest BCUT2D eigenvalue weighted by molar-refractivity contribution is -0.301. The minimum absolute atomic E-state index is 0.00500. The van der Waals surface area contributed by atoms with Gasteiger partial charge in [-0.3, -0.25) is 29.4 Å². The van der Waals surface area contributed by atoms with Gasteiger partial charge in [-0.05, 0) is 36.8 Å². The van der Waals surface area contributed by atoms with Crippen LogP contribution in [-0.4, -0.2) is 74.2 Å². The number of aryl methyl sites for hydroxylation is 1. The maximum Gasteiger partial charge on any atom is 0.341 e. The molecule has 4 heterocycles. The molecule has 264 valence electrons. The molecule has 0 bridgehead atoms. The average molecular weight is 719 g/mol. The van der Waals surface area contributed by atoms with Crippen LogP contribution in [0, 0.1) is 18.9 Å². The first kappa shape index (κ1) is 36.0. The molecule has 3 amide bonds. The van der Waals surface area contributed by atoms with Crippen molar-refractivity contribution in [1.82, 2.24) is 20.9 Å². The van der Waals surface area contributed by atoms with E-state index in [0.29, 0.717) is 23.6 Å². The smallest absolute Gasteiger partial charge is 0.341 e. The Kier molecular flexibility index (Phi) is 10.6. The number of phenolic OH excluding ortho intramolecular Hbond substituents is 2. The average Bonchev–Trinajstić information content (AvgIpc) is 3.11. The van der Waals surface area contributed by atoms with Crippen molar-refractivity contribution < 1.29 is 53.6 Å². The first-order chi connectivity index (χ1) is 24.3. The number of allylic oxidation sites excluding steroid dienone is 1. The fourth-order valence-electron chi connectivity index (χ4n) is 5.29. The SMILES string of the molecule is C[C@@H]1C(=O)N2C(C(=O)[O-])=CCS[C@@H]12.Cc1oc2cc(O)c(O)cc2c(=O)c1C(=O)NC(C(=O)NC1=CCNC=[C+]1)c1ccc(OCC(=O)O)cc1. The number of β-lactam (4-membered cyclic amide) rings is 1. The third-order valence-electron chi connectivity index (χ3n) is 7.84. The quantitative estimate of drug-likeness (QED) is 0.100. The van der Waals surface area contributed by atoms with Gasteiger partial charge in [0.15, 0.2) is 18.1 Å². The highest BCUT2D eigenvalue weighted by molar-refractivity contribution is 8.00. The van der Waals surface area contributed by atoms with Crippen molar-refractivity contribution in [1.29, 1.82) is 0 Å². The van der Waals surface area contributed by atoms with E-state index in [9.17, 15) is 44.1 Å². The zero-order valence-corrected chi connectivity index (χ0v) is 27.7. The summed E-state index contributed by atoms with van der Waals surface area (Å²) in [7, 11) is 0. The maximum atomic E-state index is 13.3. The second kappa shape index (κ2) is 15.1. The molecule has 2 aromatic carbocycles. The van der Waals surface area contributed by atoms with Crippen LogP contribution in [0.4, 0.5) is 0 Å². The lowest BCUT2D eigenvalue weighted by Gasteiger charge is -2.48. The lowest BCUT2D eigenvalue weighted by atomic mass is 9.99. The van der Waals surface area contributed by atoms with E-state index < -0.39 is 58.9 Å². The van der Waals surface area contributed by atoms with Crippen molar-refractivity contribution in [2.75, 3.05) is 18.9 Å². The number of carbonyl (C=O) groups is 5. The number of nitrogens with one attached hydrogen (secondary N) is 3. The Morgan fingerprint density at radius 2 is 1.84 bits per heavy atom. The van der Waals surface area contributed by atoms with Crippen LogP contribution in [0.5, 0.6) is 17.2 Å². The molecule has 3 atom stereocenters. The second-order valence-electron chi connectivity index (χ2n) is 11.3. The summed E-state index contributed by atoms with van der Waals surface area (Å²) in [5, 5.41) is 46.9. The van der Waals surface area contributed by atoms with Crippen LogP contribution in [0.2, 0.25) is 0 Å². The van der Waals surface area contributed by atoms with Crippen molar-refractivity contribution in [3.8, 4) is 17.2 Å². The molecule has 17 heteroatoms. The number of phenols is 2. The molecule has 0 radical (unpaired) electrons. The van der Waals surface area contributed by atoms with Gasteiger partial charge in [0.1, 0.15) is 47.5 Å². The number of benzene rings is 2. The van der Waals surface area contributed by atoms with Crippen LogP contribution >= 0.6 is 11.8 Å². The van der Waals surface area contributed by atoms with E-state index in [1.54, 1.807) is 17.8 Å². The number of fused-ring (bicyclic) bond motifs is 2. The number of thioether (sulfide) groups is 1. The molecular formula is C34H30N4O12S. The fraction of sp³-hybridized carbons (Fsp3) is 0.235. The maximum absolute atomic E-state index is 13.3. The van der Waals surface area contributed by atoms with Crippen LogP contribution in [-0.2, 0) is 19.2 Å². The van der Waals surface area contributed by atoms with E-state index in [0.717, 1.165) is 12.1 Å². The number of aromatic hydroxyl groups is 2. The predicted molar refractivity (Wildman–Crippen MR) is 178 cm³/mol. The Morgan fingerprint density at radius 3 is 2.49 bits per heavy atom. The van der Waals surface area contributed by atoms with Crippen LogP contribution in [0.25, 0.3) is 11.0 Å². The highest BCUT2D eigenvalue weighted by Crippen LogP contribution is 2.40. The first-order valence-corrected chi connectivity index (χ1v) is 16.2. The van der Waals surface area contributed by atoms with Crippen molar-refractivity contribution in [2.45, 2.75) is 25.3 Å². The summed E-state index contributed by atoms with van der Waals surface area (Å²) in [4.78, 5) is 73.6. The monoisotopic (exact) mass is 718 g/mol. The number of hydrogen-bond acceptors (Lipinski definition) is 13. The number of carbonyl (C=O) groups excluding carboxylic acids is 4. The van der Waals surface area contributed by atoms with Crippen molar-refractivity contribution in [2.24, 2.45) is 5.92 Å². The molecular weight excluding hydrogens is 688 g/mol. The molecule has 1 fully saturated rings. The minimum atomic E-state index is -1.30. The molecule has 0 aliphatic carbocycles. The molecule has 0 saturated carbocycles. The van der Waals surface area contributed by atoms with Crippen LogP contribution < -0.4 is 31.2 Å². The number of aliphatic carboxylic acids is 2. The summed E-state index contributed by atoms with van der Waals surface area (Å²) in [5.74, 6) is -4.43. The van der Waals surface area contributed by atoms with Gasteiger partial charge in [0.2, 0.25) is 11.3 Å². The zero-order valence-electron chi connectivity index (χ0n) is 26.9. The summed E-state index contributed by atoms with van der Waals surface area (Å²) in [6.07, 6.45) is 7.54. The number of rotatable bonds is 9. The molecule has 0 spiro atoms. The number of nitrogens with zero attached hydrogens (tertiary/aromatic N) is 1. The summed E-state index contributed by atoms with van der Waals surface area (Å²) in [5.41, 5.74) is -0.495. The number of carboxylic acid groups (broad SMARTS) is 2. The van der Waals surface area contributed by atoms with E-state index in [1.165, 1.54) is 48.4 Å². The van der Waals surface area contributed by atoms with Crippen molar-refractivity contribution in [3.05, 3.63) is 99.3 Å². The summed E-state index contributed by atoms with van der Waals surface area (Å²) < 4.78 is 10.6. The Bertz CT molecular complexity index is 2070. The molecule has 16 nitrogen and oxygen atoms in total. The van der Waals surface area contributed by atoms with E-state index in [-0.39, 0.29) is 45.4 Å². The zero-order chi connectivity index (χ0) is 37.0. The Balaban J connectivity index is 0.000000323. The Hall–Kier alpha value is -6.32. The molecule has 51 heavy (non-hydrogen) atoms. The molecule has 6 rings (SSSR count). The van der Waals surface area contributed by atoms with Crippen molar-refractivity contribution >= 4 is 52.4 Å². The number of ether oxygens (including phenoxy) is 1. The second-order valence-corrected chi connectivity index (χ2v) is 12.4. The normalized spacial score (nSPS) is 17.8. The van der Waals surface area contributed by atoms with Gasteiger partial charge in [0.05, 0.1) is 34.4 Å². The fourth-order valence-corrected chi connectivity index (χ4v) is 6.51. The summed E-state index contributed by atoms with van der Waals surface area (Å²) >= 11 is 1.58. The third kappa shape index (κ3) is 7.79. The number of amides is 3. The van der Waals surface area contributed by atoms with Gasteiger partial charge in [-0.15, -0.1) is 11.8 Å². The summed E-state index contributed by atoms with van der Waals surface area (Å²) in [6.45, 7) is 3.08. The standard InChI is InChI=1S/C26H21N3O9.C8H9NO3S/c1-13-22(24(34)17-10-18(30)19(31)11-20(17)38-13)25(35)29-23(26(36)28-15-6-8-27-9-7-15)14-2-4-16(5-3-14)37-12-21(32)33;1-4-6(10)9-5(8(11)12)2-3-13-7(4)9/h2-6,9-11,23,27H,8,12H2,1H3,(H4-,28,29,30,31,32,33,34,35,36);2,4,7H,3H2,1H3,(H,11,12)/t;4-,7+/m.1/s1. The highest BCUT2D eigenvalue weighted by Gasteiger charge is 2.47. The van der Waals surface area contributed by atoms with E-state index in [1.807, 2.05) is 6.92 Å². The Labute approximate surface area is 293 Å². The molecule has 1 aromatic heterocycles. The number of dihydropyridines is 1. The molecule has 3 aliphatic rings. The van der Waals surface area contributed by atoms with E-state index in [2.05, 4.69) is 22.0 Å². The third-order valence-corrected chi connectivity index (χ3v) is 9.16. The van der Waals surface area contributed by atoms with Gasteiger partial charge in [-0.25, -0.2) is 4.79 Å². The Morgan fingerprint density at radius 1 is 1.14 bits per heavy atom. The topological polar surface area (TPSA) is 248 Å². The van der Waals surface area contributed by atoms with Crippen LogP contribution in [0.15, 0.2) is 75.4 Å². The largest absolute Gasteiger partial charge is 0.543 e. The molecule has 6 N–H and O–H groups in total. The molecule has 3 aromatic rings. The first-order valence-electron chi connectivity index (χ1n) is 15.2. The van der Waals surface area contributed by atoms with Crippen LogP contribution in [0.1, 0.15) is 34.6 Å². The van der Waals surface area contributed by atoms with Crippen LogP contribution in [0.3, 0.4) is 0 Å². The minimum Gasteiger partial charge on any atom is -0.543 e. The molecule has 3 aliphatic heterocycles. The lowest BCUT2D eigenvalue weighted by Crippen LogP contribution is -2.60.